The van der Waals surface area contributed by atoms with Gasteiger partial charge < -0.3 is 25.4 Å². The number of carbonyl (C=O) groups excluding carboxylic acids is 2. The van der Waals surface area contributed by atoms with E-state index in [1.54, 1.807) is 39.0 Å². The van der Waals surface area contributed by atoms with Crippen LogP contribution in [0.25, 0.3) is 0 Å². The third-order valence-electron chi connectivity index (χ3n) is 6.04. The largest absolute Gasteiger partial charge is 0.481 e. The molecular formula is C26H40N4O7S. The molecule has 1 aromatic rings. The van der Waals surface area contributed by atoms with Crippen molar-refractivity contribution in [3.05, 3.63) is 36.9 Å². The Kier molecular flexibility index (Phi) is 10.7. The van der Waals surface area contributed by atoms with E-state index in [1.165, 1.54) is 12.1 Å². The molecule has 12 heteroatoms. The fourth-order valence-electron chi connectivity index (χ4n) is 3.98. The number of aliphatic carboxylic acids is 1. The predicted octanol–water partition coefficient (Wildman–Crippen LogP) is 2.95. The molecule has 0 aromatic heterocycles. The molecule has 0 saturated heterocycles. The van der Waals surface area contributed by atoms with Crippen molar-refractivity contribution in [2.24, 2.45) is 5.92 Å². The van der Waals surface area contributed by atoms with Gasteiger partial charge in [-0.15, -0.1) is 6.58 Å². The Balaban J connectivity index is 1.97. The van der Waals surface area contributed by atoms with Gasteiger partial charge >= 0.3 is 12.1 Å². The van der Waals surface area contributed by atoms with Gasteiger partial charge in [-0.05, 0) is 78.7 Å². The molecule has 1 aliphatic rings. The van der Waals surface area contributed by atoms with Crippen molar-refractivity contribution in [3.8, 4) is 0 Å². The smallest absolute Gasteiger partial charge is 0.408 e. The molecule has 2 rings (SSSR count). The predicted molar refractivity (Wildman–Crippen MR) is 144 cm³/mol. The summed E-state index contributed by atoms with van der Waals surface area (Å²) in [6.07, 6.45) is 3.22. The number of carbonyl (C=O) groups is 3. The van der Waals surface area contributed by atoms with Crippen molar-refractivity contribution in [1.82, 2.24) is 14.9 Å². The topological polar surface area (TPSA) is 154 Å². The fourth-order valence-corrected chi connectivity index (χ4v) is 5.20. The van der Waals surface area contributed by atoms with E-state index in [2.05, 4.69) is 26.8 Å². The Labute approximate surface area is 225 Å². The highest BCUT2D eigenvalue weighted by molar-refractivity contribution is 7.90. The Morgan fingerprint density at radius 3 is 2.45 bits per heavy atom. The molecule has 0 aliphatic heterocycles. The molecule has 212 valence electrons. The minimum Gasteiger partial charge on any atom is -0.481 e. The summed E-state index contributed by atoms with van der Waals surface area (Å²) in [6.45, 7) is 10.7. The molecule has 4 N–H and O–H groups in total. The van der Waals surface area contributed by atoms with Gasteiger partial charge in [0.2, 0.25) is 0 Å². The molecule has 1 aromatic carbocycles. The van der Waals surface area contributed by atoms with Crippen LogP contribution in [-0.2, 0) is 24.3 Å². The SMILES string of the molecule is C=C[C@@H]1C[C@]1(NC(=O)OC(C)(C)C)C(=O)NS(=O)(=O)c1ccccc1NCCCCN(C)CCCC(=O)O. The number of benzene rings is 1. The zero-order valence-electron chi connectivity index (χ0n) is 22.6. The average Bonchev–Trinajstić information content (AvgIpc) is 3.51. The number of nitrogens with zero attached hydrogens (tertiary/aromatic N) is 1. The minimum atomic E-state index is -4.25. The highest BCUT2D eigenvalue weighted by Crippen LogP contribution is 2.45. The first-order chi connectivity index (χ1) is 17.7. The van der Waals surface area contributed by atoms with Gasteiger partial charge in [0.25, 0.3) is 15.9 Å². The van der Waals surface area contributed by atoms with E-state index < -0.39 is 45.1 Å². The summed E-state index contributed by atoms with van der Waals surface area (Å²) in [6, 6.07) is 6.28. The number of nitrogens with one attached hydrogen (secondary N) is 3. The lowest BCUT2D eigenvalue weighted by Gasteiger charge is -2.24. The number of carboxylic acid groups (broad SMARTS) is 1. The second-order valence-corrected chi connectivity index (χ2v) is 12.2. The van der Waals surface area contributed by atoms with Crippen LogP contribution < -0.4 is 15.4 Å². The van der Waals surface area contributed by atoms with Crippen molar-refractivity contribution in [3.63, 3.8) is 0 Å². The Morgan fingerprint density at radius 1 is 1.18 bits per heavy atom. The number of amides is 2. The van der Waals surface area contributed by atoms with Crippen molar-refractivity contribution >= 4 is 33.7 Å². The van der Waals surface area contributed by atoms with Gasteiger partial charge in [-0.3, -0.25) is 9.59 Å². The highest BCUT2D eigenvalue weighted by Gasteiger charge is 2.61. The summed E-state index contributed by atoms with van der Waals surface area (Å²) in [5.74, 6) is -2.09. The lowest BCUT2D eigenvalue weighted by atomic mass is 10.2. The summed E-state index contributed by atoms with van der Waals surface area (Å²) in [7, 11) is -2.32. The van der Waals surface area contributed by atoms with Crippen molar-refractivity contribution in [2.75, 3.05) is 32.0 Å². The molecule has 38 heavy (non-hydrogen) atoms. The Hall–Kier alpha value is -3.12. The maximum absolute atomic E-state index is 13.2. The fraction of sp³-hybridized carbons (Fsp3) is 0.577. The number of ether oxygens (including phenoxy) is 1. The van der Waals surface area contributed by atoms with Gasteiger partial charge in [0.1, 0.15) is 16.0 Å². The summed E-state index contributed by atoms with van der Waals surface area (Å²) >= 11 is 0. The summed E-state index contributed by atoms with van der Waals surface area (Å²) in [5.41, 5.74) is -1.88. The van der Waals surface area contributed by atoms with E-state index in [1.807, 2.05) is 7.05 Å². The number of unbranched alkanes of at least 4 members (excludes halogenated alkanes) is 1. The number of hydrogen-bond acceptors (Lipinski definition) is 8. The molecule has 0 heterocycles. The third-order valence-corrected chi connectivity index (χ3v) is 7.43. The standard InChI is InChI=1S/C26H40N4O7S/c1-6-19-18-26(19,28-24(34)37-25(2,3)4)23(33)29-38(35,36)21-13-8-7-12-20(21)27-15-9-10-16-30(5)17-11-14-22(31)32/h6-8,12-13,19,27H,1,9-11,14-18H2,2-5H3,(H,28,34)(H,29,33)(H,31,32)/t19-,26-/m1/s1. The normalized spacial score (nSPS) is 18.9. The first kappa shape index (κ1) is 31.1. The minimum absolute atomic E-state index is 0.0811. The molecule has 2 atom stereocenters. The van der Waals surface area contributed by atoms with Crippen LogP contribution in [0.15, 0.2) is 41.8 Å². The lowest BCUT2D eigenvalue weighted by Crippen LogP contribution is -2.52. The van der Waals surface area contributed by atoms with Crippen LogP contribution in [0.5, 0.6) is 0 Å². The average molecular weight is 553 g/mol. The number of rotatable bonds is 15. The molecule has 1 aliphatic carbocycles. The number of anilines is 1. The molecule has 0 unspecified atom stereocenters. The van der Waals surface area contributed by atoms with Crippen LogP contribution >= 0.6 is 0 Å². The highest BCUT2D eigenvalue weighted by atomic mass is 32.2. The van der Waals surface area contributed by atoms with Gasteiger partial charge in [-0.25, -0.2) is 17.9 Å². The van der Waals surface area contributed by atoms with Gasteiger partial charge in [-0.2, -0.15) is 0 Å². The quantitative estimate of drug-likeness (QED) is 0.190. The van der Waals surface area contributed by atoms with E-state index in [0.29, 0.717) is 25.2 Å². The van der Waals surface area contributed by atoms with E-state index >= 15 is 0 Å². The summed E-state index contributed by atoms with van der Waals surface area (Å²) < 4.78 is 33.7. The summed E-state index contributed by atoms with van der Waals surface area (Å²) in [4.78, 5) is 38.0. The second kappa shape index (κ2) is 13.1. The van der Waals surface area contributed by atoms with E-state index in [0.717, 1.165) is 19.4 Å². The number of para-hydroxylation sites is 1. The molecule has 0 spiro atoms. The Morgan fingerprint density at radius 2 is 1.84 bits per heavy atom. The van der Waals surface area contributed by atoms with Gasteiger partial charge in [0, 0.05) is 18.9 Å². The molecule has 11 nitrogen and oxygen atoms in total. The number of carboxylic acids is 1. The Bertz CT molecular complexity index is 1120. The number of alkyl carbamates (subject to hydrolysis) is 1. The van der Waals surface area contributed by atoms with Crippen LogP contribution in [0.2, 0.25) is 0 Å². The van der Waals surface area contributed by atoms with E-state index in [4.69, 9.17) is 9.84 Å². The lowest BCUT2D eigenvalue weighted by molar-refractivity contribution is -0.137. The van der Waals surface area contributed by atoms with Gasteiger partial charge in [0.05, 0.1) is 5.69 Å². The van der Waals surface area contributed by atoms with Crippen LogP contribution in [0.3, 0.4) is 0 Å². The van der Waals surface area contributed by atoms with E-state index in [-0.39, 0.29) is 17.7 Å². The first-order valence-corrected chi connectivity index (χ1v) is 14.1. The zero-order chi connectivity index (χ0) is 28.6. The van der Waals surface area contributed by atoms with Crippen LogP contribution in [-0.4, -0.2) is 74.2 Å². The molecule has 1 fully saturated rings. The van der Waals surface area contributed by atoms with Crippen LogP contribution in [0.1, 0.15) is 52.9 Å². The zero-order valence-corrected chi connectivity index (χ0v) is 23.4. The maximum atomic E-state index is 13.2. The van der Waals surface area contributed by atoms with Crippen molar-refractivity contribution in [1.29, 1.82) is 0 Å². The number of sulfonamides is 1. The molecular weight excluding hydrogens is 512 g/mol. The molecule has 0 bridgehead atoms. The molecule has 1 saturated carbocycles. The van der Waals surface area contributed by atoms with Gasteiger partial charge in [-0.1, -0.05) is 18.2 Å². The summed E-state index contributed by atoms with van der Waals surface area (Å²) in [5, 5.41) is 14.4. The van der Waals surface area contributed by atoms with Crippen LogP contribution in [0.4, 0.5) is 10.5 Å². The van der Waals surface area contributed by atoms with Crippen molar-refractivity contribution in [2.45, 2.75) is 68.9 Å². The molecule has 2 amide bonds. The maximum Gasteiger partial charge on any atom is 0.408 e. The monoisotopic (exact) mass is 552 g/mol. The third kappa shape index (κ3) is 9.32. The molecule has 0 radical (unpaired) electrons. The second-order valence-electron chi connectivity index (χ2n) is 10.5. The van der Waals surface area contributed by atoms with E-state index in [9.17, 15) is 22.8 Å². The van der Waals surface area contributed by atoms with Crippen molar-refractivity contribution < 1.29 is 32.6 Å². The van der Waals surface area contributed by atoms with Gasteiger partial charge in [0.15, 0.2) is 0 Å². The number of hydrogen-bond donors (Lipinski definition) is 4. The van der Waals surface area contributed by atoms with Crippen LogP contribution in [0, 0.1) is 5.92 Å². The first-order valence-electron chi connectivity index (χ1n) is 12.6.